The van der Waals surface area contributed by atoms with Crippen LogP contribution in [0.2, 0.25) is 4.47 Å². The molecule has 0 amide bonds. The van der Waals surface area contributed by atoms with Crippen molar-refractivity contribution in [2.24, 2.45) is 0 Å². The number of thiazole rings is 1. The van der Waals surface area contributed by atoms with Gasteiger partial charge in [-0.3, -0.25) is 0 Å². The molecule has 0 unspecified atom stereocenters. The number of ether oxygens (including phenoxy) is 1. The van der Waals surface area contributed by atoms with Crippen LogP contribution in [0.15, 0.2) is 18.5 Å². The van der Waals surface area contributed by atoms with Crippen LogP contribution in [0.1, 0.15) is 16.6 Å². The van der Waals surface area contributed by atoms with Gasteiger partial charge in [-0.05, 0) is 13.0 Å². The van der Waals surface area contributed by atoms with Gasteiger partial charge in [0.25, 0.3) is 0 Å². The fourth-order valence-corrected chi connectivity index (χ4v) is 2.20. The molecule has 0 saturated carbocycles. The van der Waals surface area contributed by atoms with Gasteiger partial charge in [0.05, 0.1) is 6.61 Å². The average molecular weight is 270 g/mol. The summed E-state index contributed by atoms with van der Waals surface area (Å²) in [4.78, 5) is 24.1. The highest BCUT2D eigenvalue weighted by Crippen LogP contribution is 2.29. The number of hydrogen-bond acceptors (Lipinski definition) is 6. The first-order valence-corrected chi connectivity index (χ1v) is 6.02. The molecule has 88 valence electrons. The van der Waals surface area contributed by atoms with Gasteiger partial charge in [-0.15, -0.1) is 0 Å². The van der Waals surface area contributed by atoms with Gasteiger partial charge in [-0.25, -0.2) is 19.7 Å². The Hall–Kier alpha value is -1.53. The Labute approximate surface area is 106 Å². The molecule has 2 aromatic heterocycles. The molecule has 0 aliphatic carbocycles. The van der Waals surface area contributed by atoms with Crippen LogP contribution in [0, 0.1) is 0 Å². The molecule has 0 aliphatic rings. The fraction of sp³-hybridized carbons (Fsp3) is 0.200. The van der Waals surface area contributed by atoms with E-state index in [1.807, 2.05) is 0 Å². The third-order valence-corrected chi connectivity index (χ3v) is 2.98. The Morgan fingerprint density at radius 1 is 1.47 bits per heavy atom. The van der Waals surface area contributed by atoms with Gasteiger partial charge in [0.1, 0.15) is 10.6 Å². The molecule has 0 N–H and O–H groups in total. The molecule has 0 radical (unpaired) electrons. The first-order valence-electron chi connectivity index (χ1n) is 4.83. The lowest BCUT2D eigenvalue weighted by Gasteiger charge is -2.00. The van der Waals surface area contributed by atoms with Gasteiger partial charge >= 0.3 is 5.97 Å². The molecule has 2 heterocycles. The monoisotopic (exact) mass is 269 g/mol. The number of carbonyl (C=O) groups is 1. The zero-order chi connectivity index (χ0) is 12.3. The van der Waals surface area contributed by atoms with Gasteiger partial charge in [0.15, 0.2) is 10.3 Å². The van der Waals surface area contributed by atoms with Gasteiger partial charge < -0.3 is 4.74 Å². The summed E-state index contributed by atoms with van der Waals surface area (Å²) in [6.45, 7) is 2.03. The first-order chi connectivity index (χ1) is 8.22. The van der Waals surface area contributed by atoms with Crippen molar-refractivity contribution in [2.45, 2.75) is 6.92 Å². The Morgan fingerprint density at radius 3 is 2.82 bits per heavy atom. The van der Waals surface area contributed by atoms with E-state index in [4.69, 9.17) is 16.3 Å². The first kappa shape index (κ1) is 11.9. The molecule has 17 heavy (non-hydrogen) atoms. The van der Waals surface area contributed by atoms with E-state index in [0.29, 0.717) is 23.0 Å². The summed E-state index contributed by atoms with van der Waals surface area (Å²) in [6.07, 6.45) is 3.15. The molecule has 0 fully saturated rings. The van der Waals surface area contributed by atoms with Crippen LogP contribution in [0.3, 0.4) is 0 Å². The minimum Gasteiger partial charge on any atom is -0.462 e. The second-order valence-electron chi connectivity index (χ2n) is 2.94. The average Bonchev–Trinajstić information content (AvgIpc) is 2.73. The van der Waals surface area contributed by atoms with E-state index < -0.39 is 5.97 Å². The highest BCUT2D eigenvalue weighted by atomic mass is 35.5. The largest absolute Gasteiger partial charge is 0.462 e. The molecule has 0 bridgehead atoms. The number of aromatic nitrogens is 3. The van der Waals surface area contributed by atoms with Crippen molar-refractivity contribution in [3.63, 3.8) is 0 Å². The quantitative estimate of drug-likeness (QED) is 0.801. The molecular formula is C10H8ClN3O2S. The number of carbonyl (C=O) groups excluding carboxylic acids is 1. The summed E-state index contributed by atoms with van der Waals surface area (Å²) in [5, 5.41) is 0. The topological polar surface area (TPSA) is 65.0 Å². The van der Waals surface area contributed by atoms with Crippen molar-refractivity contribution in [3.8, 4) is 11.5 Å². The molecule has 0 atom stereocenters. The zero-order valence-corrected chi connectivity index (χ0v) is 10.5. The Bertz CT molecular complexity index is 530. The van der Waals surface area contributed by atoms with Gasteiger partial charge in [0, 0.05) is 12.4 Å². The second-order valence-corrected chi connectivity index (χ2v) is 4.52. The van der Waals surface area contributed by atoms with Crippen LogP contribution in [-0.4, -0.2) is 27.5 Å². The molecule has 0 aromatic carbocycles. The summed E-state index contributed by atoms with van der Waals surface area (Å²) >= 11 is 6.86. The maximum Gasteiger partial charge on any atom is 0.350 e. The number of esters is 1. The van der Waals surface area contributed by atoms with Crippen molar-refractivity contribution in [1.29, 1.82) is 0 Å². The predicted molar refractivity (Wildman–Crippen MR) is 64.1 cm³/mol. The van der Waals surface area contributed by atoms with Crippen LogP contribution < -0.4 is 0 Å². The summed E-state index contributed by atoms with van der Waals surface area (Å²) in [6, 6.07) is 1.68. The van der Waals surface area contributed by atoms with E-state index in [2.05, 4.69) is 15.0 Å². The van der Waals surface area contributed by atoms with Crippen LogP contribution in [0.5, 0.6) is 0 Å². The Morgan fingerprint density at radius 2 is 2.18 bits per heavy atom. The molecule has 5 nitrogen and oxygen atoms in total. The van der Waals surface area contributed by atoms with Crippen LogP contribution in [0.25, 0.3) is 11.5 Å². The highest BCUT2D eigenvalue weighted by molar-refractivity contribution is 7.17. The molecule has 2 rings (SSSR count). The predicted octanol–water partition coefficient (Wildman–Crippen LogP) is 2.43. The van der Waals surface area contributed by atoms with Gasteiger partial charge in [0.2, 0.25) is 0 Å². The van der Waals surface area contributed by atoms with Crippen LogP contribution >= 0.6 is 22.9 Å². The molecule has 2 aromatic rings. The lowest BCUT2D eigenvalue weighted by Crippen LogP contribution is -2.04. The molecular weight excluding hydrogens is 262 g/mol. The Kier molecular flexibility index (Phi) is 3.65. The molecule has 7 heteroatoms. The summed E-state index contributed by atoms with van der Waals surface area (Å²) in [5.41, 5.74) is 0.360. The minimum atomic E-state index is -0.459. The smallest absolute Gasteiger partial charge is 0.350 e. The van der Waals surface area contributed by atoms with E-state index in [1.165, 1.54) is 0 Å². The zero-order valence-electron chi connectivity index (χ0n) is 8.88. The van der Waals surface area contributed by atoms with Crippen LogP contribution in [0.4, 0.5) is 0 Å². The normalized spacial score (nSPS) is 10.2. The summed E-state index contributed by atoms with van der Waals surface area (Å²) in [5.74, 6) is -0.0990. The second kappa shape index (κ2) is 5.20. The maximum absolute atomic E-state index is 11.7. The van der Waals surface area contributed by atoms with Crippen molar-refractivity contribution in [3.05, 3.63) is 27.8 Å². The van der Waals surface area contributed by atoms with E-state index in [9.17, 15) is 4.79 Å². The Balaban J connectivity index is 2.44. The van der Waals surface area contributed by atoms with Gasteiger partial charge in [-0.2, -0.15) is 0 Å². The van der Waals surface area contributed by atoms with E-state index in [0.717, 1.165) is 11.3 Å². The van der Waals surface area contributed by atoms with Crippen molar-refractivity contribution >= 4 is 28.9 Å². The highest BCUT2D eigenvalue weighted by Gasteiger charge is 2.21. The lowest BCUT2D eigenvalue weighted by atomic mass is 10.3. The van der Waals surface area contributed by atoms with E-state index in [1.54, 1.807) is 25.4 Å². The number of rotatable bonds is 3. The minimum absolute atomic E-state index is 0.260. The standard InChI is InChI=1S/C10H8ClN3O2S/c1-2-16-9(15)7-6(14-10(11)17-7)8-12-4-3-5-13-8/h3-5H,2H2,1H3. The number of halogens is 1. The maximum atomic E-state index is 11.7. The third-order valence-electron chi connectivity index (χ3n) is 1.84. The third kappa shape index (κ3) is 2.59. The van der Waals surface area contributed by atoms with Crippen molar-refractivity contribution < 1.29 is 9.53 Å². The lowest BCUT2D eigenvalue weighted by molar-refractivity contribution is 0.0532. The summed E-state index contributed by atoms with van der Waals surface area (Å²) in [7, 11) is 0. The van der Waals surface area contributed by atoms with Crippen molar-refractivity contribution in [2.75, 3.05) is 6.61 Å². The van der Waals surface area contributed by atoms with Crippen molar-refractivity contribution in [1.82, 2.24) is 15.0 Å². The number of nitrogens with zero attached hydrogens (tertiary/aromatic N) is 3. The van der Waals surface area contributed by atoms with Gasteiger partial charge in [-0.1, -0.05) is 22.9 Å². The number of hydrogen-bond donors (Lipinski definition) is 0. The SMILES string of the molecule is CCOC(=O)c1sc(Cl)nc1-c1ncccn1. The molecule has 0 aliphatic heterocycles. The molecule has 0 spiro atoms. The summed E-state index contributed by atoms with van der Waals surface area (Å²) < 4.78 is 5.18. The van der Waals surface area contributed by atoms with E-state index >= 15 is 0 Å². The molecule has 0 saturated heterocycles. The fourth-order valence-electron chi connectivity index (χ4n) is 1.20. The van der Waals surface area contributed by atoms with E-state index in [-0.39, 0.29) is 4.47 Å². The van der Waals surface area contributed by atoms with Crippen LogP contribution in [-0.2, 0) is 4.74 Å².